The summed E-state index contributed by atoms with van der Waals surface area (Å²) in [4.78, 5) is 19.4. The Morgan fingerprint density at radius 3 is 2.95 bits per heavy atom. The lowest BCUT2D eigenvalue weighted by molar-refractivity contribution is 0.102. The number of nitrogens with one attached hydrogen (secondary N) is 1. The minimum atomic E-state index is -0.500. The van der Waals surface area contributed by atoms with E-state index in [2.05, 4.69) is 25.6 Å². The Kier molecular flexibility index (Phi) is 4.25. The molecule has 3 N–H and O–H groups in total. The molecule has 0 aromatic carbocycles. The Morgan fingerprint density at radius 2 is 2.21 bits per heavy atom. The van der Waals surface area contributed by atoms with E-state index in [0.717, 1.165) is 0 Å². The molecule has 8 nitrogen and oxygen atoms in total. The monoisotopic (exact) mass is 301 g/mol. The van der Waals surface area contributed by atoms with Gasteiger partial charge in [0.25, 0.3) is 5.91 Å². The minimum absolute atomic E-state index is 0.0544. The molecule has 2 rings (SSSR count). The van der Waals surface area contributed by atoms with E-state index in [-0.39, 0.29) is 21.7 Å². The largest absolute Gasteiger partial charge is 0.329 e. The second-order valence-corrected chi connectivity index (χ2v) is 4.17. The molecule has 0 aliphatic heterocycles. The third kappa shape index (κ3) is 3.16. The summed E-state index contributed by atoms with van der Waals surface area (Å²) in [6.07, 6.45) is 2.66. The molecule has 0 bridgehead atoms. The van der Waals surface area contributed by atoms with Gasteiger partial charge in [-0.1, -0.05) is 28.4 Å². The van der Waals surface area contributed by atoms with Crippen LogP contribution < -0.4 is 11.1 Å². The van der Waals surface area contributed by atoms with Gasteiger partial charge in [0.2, 0.25) is 0 Å². The number of amides is 1. The van der Waals surface area contributed by atoms with Gasteiger partial charge in [0, 0.05) is 6.54 Å². The van der Waals surface area contributed by atoms with E-state index in [0.29, 0.717) is 13.1 Å². The summed E-state index contributed by atoms with van der Waals surface area (Å²) < 4.78 is 1.46. The van der Waals surface area contributed by atoms with Crippen molar-refractivity contribution in [2.45, 2.75) is 6.54 Å². The first-order valence-electron chi connectivity index (χ1n) is 5.19. The maximum atomic E-state index is 11.9. The van der Waals surface area contributed by atoms with Crippen LogP contribution in [-0.2, 0) is 6.54 Å². The van der Waals surface area contributed by atoms with E-state index < -0.39 is 5.91 Å². The lowest BCUT2D eigenvalue weighted by Gasteiger charge is -2.04. The summed E-state index contributed by atoms with van der Waals surface area (Å²) in [6, 6.07) is 0. The van der Waals surface area contributed by atoms with Crippen molar-refractivity contribution >= 4 is 34.9 Å². The van der Waals surface area contributed by atoms with Crippen molar-refractivity contribution < 1.29 is 4.79 Å². The van der Waals surface area contributed by atoms with Crippen LogP contribution >= 0.6 is 23.2 Å². The maximum Gasteiger partial charge on any atom is 0.279 e. The molecular formula is C9H9Cl2N7O. The highest BCUT2D eigenvalue weighted by Gasteiger charge is 2.15. The zero-order valence-corrected chi connectivity index (χ0v) is 11.1. The fourth-order valence-electron chi connectivity index (χ4n) is 1.25. The molecular weight excluding hydrogens is 293 g/mol. The van der Waals surface area contributed by atoms with Crippen LogP contribution in [-0.4, -0.2) is 37.4 Å². The SMILES string of the molecule is NCCn1cc(C(=O)Nc2ncnc(Cl)c2Cl)nn1. The van der Waals surface area contributed by atoms with Crippen molar-refractivity contribution in [1.82, 2.24) is 25.0 Å². The summed E-state index contributed by atoms with van der Waals surface area (Å²) in [6.45, 7) is 0.873. The topological polar surface area (TPSA) is 112 Å². The van der Waals surface area contributed by atoms with Gasteiger partial charge in [0.05, 0.1) is 12.7 Å². The summed E-state index contributed by atoms with van der Waals surface area (Å²) in [5, 5.41) is 10.0. The van der Waals surface area contributed by atoms with Gasteiger partial charge < -0.3 is 11.1 Å². The van der Waals surface area contributed by atoms with Gasteiger partial charge in [-0.25, -0.2) is 9.97 Å². The number of hydrogen-bond donors (Lipinski definition) is 2. The van der Waals surface area contributed by atoms with Gasteiger partial charge in [-0.2, -0.15) is 0 Å². The summed E-state index contributed by atoms with van der Waals surface area (Å²) in [7, 11) is 0. The molecule has 0 aliphatic carbocycles. The van der Waals surface area contributed by atoms with Crippen LogP contribution in [0, 0.1) is 0 Å². The van der Waals surface area contributed by atoms with Gasteiger partial charge in [-0.3, -0.25) is 9.48 Å². The van der Waals surface area contributed by atoms with Crippen molar-refractivity contribution in [2.75, 3.05) is 11.9 Å². The summed E-state index contributed by atoms with van der Waals surface area (Å²) >= 11 is 11.6. The molecule has 100 valence electrons. The molecule has 0 aliphatic rings. The van der Waals surface area contributed by atoms with Gasteiger partial charge in [0.1, 0.15) is 11.3 Å². The van der Waals surface area contributed by atoms with E-state index in [1.54, 1.807) is 0 Å². The number of carbonyl (C=O) groups is 1. The number of nitrogens with zero attached hydrogens (tertiary/aromatic N) is 5. The molecule has 0 spiro atoms. The van der Waals surface area contributed by atoms with Gasteiger partial charge in [0.15, 0.2) is 16.7 Å². The van der Waals surface area contributed by atoms with Crippen LogP contribution in [0.5, 0.6) is 0 Å². The fourth-order valence-corrected chi connectivity index (χ4v) is 1.53. The Morgan fingerprint density at radius 1 is 1.42 bits per heavy atom. The van der Waals surface area contributed by atoms with Crippen molar-refractivity contribution in [3.8, 4) is 0 Å². The minimum Gasteiger partial charge on any atom is -0.329 e. The van der Waals surface area contributed by atoms with Crippen LogP contribution in [0.2, 0.25) is 10.2 Å². The van der Waals surface area contributed by atoms with E-state index >= 15 is 0 Å². The predicted octanol–water partition coefficient (Wildman–Crippen LogP) is 0.586. The highest BCUT2D eigenvalue weighted by atomic mass is 35.5. The van der Waals surface area contributed by atoms with Crippen LogP contribution in [0.4, 0.5) is 5.82 Å². The maximum absolute atomic E-state index is 11.9. The number of carbonyl (C=O) groups excluding carboxylic acids is 1. The van der Waals surface area contributed by atoms with E-state index in [9.17, 15) is 4.79 Å². The third-order valence-electron chi connectivity index (χ3n) is 2.11. The first kappa shape index (κ1) is 13.7. The number of rotatable bonds is 4. The molecule has 0 fully saturated rings. The second kappa shape index (κ2) is 5.91. The Hall–Kier alpha value is -1.77. The molecule has 2 aromatic heterocycles. The molecule has 0 saturated heterocycles. The van der Waals surface area contributed by atoms with Crippen LogP contribution in [0.25, 0.3) is 0 Å². The quantitative estimate of drug-likeness (QED) is 0.799. The predicted molar refractivity (Wildman–Crippen MR) is 69.1 cm³/mol. The summed E-state index contributed by atoms with van der Waals surface area (Å²) in [5.41, 5.74) is 5.49. The van der Waals surface area contributed by atoms with E-state index in [1.165, 1.54) is 17.2 Å². The smallest absolute Gasteiger partial charge is 0.279 e. The Balaban J connectivity index is 2.14. The normalized spacial score (nSPS) is 10.5. The highest BCUT2D eigenvalue weighted by molar-refractivity contribution is 6.43. The number of aromatic nitrogens is 5. The second-order valence-electron chi connectivity index (χ2n) is 3.44. The van der Waals surface area contributed by atoms with Crippen molar-refractivity contribution in [2.24, 2.45) is 5.73 Å². The molecule has 2 heterocycles. The average molecular weight is 302 g/mol. The molecule has 0 atom stereocenters. The zero-order valence-electron chi connectivity index (χ0n) is 9.55. The zero-order chi connectivity index (χ0) is 13.8. The highest BCUT2D eigenvalue weighted by Crippen LogP contribution is 2.25. The number of halogens is 2. The molecule has 2 aromatic rings. The fraction of sp³-hybridized carbons (Fsp3) is 0.222. The Labute approximate surface area is 117 Å². The van der Waals surface area contributed by atoms with Gasteiger partial charge in [-0.15, -0.1) is 5.10 Å². The van der Waals surface area contributed by atoms with Crippen LogP contribution in [0.1, 0.15) is 10.5 Å². The number of nitrogens with two attached hydrogens (primary N) is 1. The number of anilines is 1. The molecule has 0 radical (unpaired) electrons. The van der Waals surface area contributed by atoms with Crippen LogP contribution in [0.3, 0.4) is 0 Å². The molecule has 0 unspecified atom stereocenters. The van der Waals surface area contributed by atoms with E-state index in [1.807, 2.05) is 0 Å². The van der Waals surface area contributed by atoms with Gasteiger partial charge >= 0.3 is 0 Å². The van der Waals surface area contributed by atoms with Gasteiger partial charge in [-0.05, 0) is 0 Å². The third-order valence-corrected chi connectivity index (χ3v) is 2.85. The van der Waals surface area contributed by atoms with Crippen molar-refractivity contribution in [1.29, 1.82) is 0 Å². The van der Waals surface area contributed by atoms with Crippen molar-refractivity contribution in [3.05, 3.63) is 28.4 Å². The molecule has 10 heteroatoms. The Bertz CT molecular complexity index is 600. The first-order valence-corrected chi connectivity index (χ1v) is 5.95. The molecule has 0 saturated carbocycles. The standard InChI is InChI=1S/C9H9Cl2N7O/c10-6-7(11)13-4-14-8(6)15-9(19)5-3-18(2-1-12)17-16-5/h3-4H,1-2,12H2,(H,13,14,15,19). The average Bonchev–Trinajstić information content (AvgIpc) is 2.84. The summed E-state index contributed by atoms with van der Waals surface area (Å²) in [5.74, 6) is -0.389. The lowest BCUT2D eigenvalue weighted by atomic mass is 10.4. The van der Waals surface area contributed by atoms with E-state index in [4.69, 9.17) is 28.9 Å². The van der Waals surface area contributed by atoms with Crippen LogP contribution in [0.15, 0.2) is 12.5 Å². The first-order chi connectivity index (χ1) is 9.11. The molecule has 1 amide bonds. The number of hydrogen-bond acceptors (Lipinski definition) is 6. The van der Waals surface area contributed by atoms with Crippen molar-refractivity contribution in [3.63, 3.8) is 0 Å². The lowest BCUT2D eigenvalue weighted by Crippen LogP contribution is -2.14. The molecule has 19 heavy (non-hydrogen) atoms.